The van der Waals surface area contributed by atoms with E-state index in [1.807, 2.05) is 6.92 Å². The molecule has 0 radical (unpaired) electrons. The van der Waals surface area contributed by atoms with Gasteiger partial charge in [0.15, 0.2) is 9.84 Å². The number of aryl methyl sites for hydroxylation is 2. The van der Waals surface area contributed by atoms with Crippen LogP contribution in [0, 0.1) is 13.8 Å². The van der Waals surface area contributed by atoms with E-state index in [1.165, 1.54) is 5.56 Å². The van der Waals surface area contributed by atoms with Crippen molar-refractivity contribution in [3.05, 3.63) is 34.9 Å². The Labute approximate surface area is 130 Å². The fourth-order valence-electron chi connectivity index (χ4n) is 2.50. The van der Waals surface area contributed by atoms with E-state index in [-0.39, 0.29) is 11.8 Å². The van der Waals surface area contributed by atoms with Crippen molar-refractivity contribution < 1.29 is 8.42 Å². The number of hydrogen-bond acceptors (Lipinski definition) is 3. The van der Waals surface area contributed by atoms with Crippen molar-refractivity contribution in [2.75, 3.05) is 18.1 Å². The summed E-state index contributed by atoms with van der Waals surface area (Å²) in [6, 6.07) is 6.14. The predicted octanol–water partition coefficient (Wildman–Crippen LogP) is 3.56. The predicted molar refractivity (Wildman–Crippen MR) is 90.5 cm³/mol. The third kappa shape index (κ3) is 6.18. The fourth-order valence-corrected chi connectivity index (χ4v) is 4.20. The van der Waals surface area contributed by atoms with E-state index in [0.29, 0.717) is 5.75 Å². The lowest BCUT2D eigenvalue weighted by Gasteiger charge is -2.21. The average Bonchev–Trinajstić information content (AvgIpc) is 2.41. The minimum Gasteiger partial charge on any atom is -0.309 e. The monoisotopic (exact) mass is 311 g/mol. The standard InChI is InChI=1S/C17H29NO2S/c1-5-7-11-21(19,20)13-17(18-10-6-2)16-9-8-14(3)12-15(16)4/h8-9,12,17-18H,5-7,10-11,13H2,1-4H3. The van der Waals surface area contributed by atoms with E-state index in [0.717, 1.165) is 36.9 Å². The average molecular weight is 311 g/mol. The Morgan fingerprint density at radius 1 is 1.14 bits per heavy atom. The largest absolute Gasteiger partial charge is 0.309 e. The zero-order valence-electron chi connectivity index (χ0n) is 13.8. The molecule has 0 saturated carbocycles. The Morgan fingerprint density at radius 3 is 2.43 bits per heavy atom. The third-order valence-electron chi connectivity index (χ3n) is 3.67. The second kappa shape index (κ2) is 8.54. The van der Waals surface area contributed by atoms with Crippen LogP contribution in [0.15, 0.2) is 18.2 Å². The second-order valence-corrected chi connectivity index (χ2v) is 8.06. The van der Waals surface area contributed by atoms with Crippen molar-refractivity contribution in [3.63, 3.8) is 0 Å². The molecule has 1 aromatic carbocycles. The molecule has 1 unspecified atom stereocenters. The summed E-state index contributed by atoms with van der Waals surface area (Å²) in [6.07, 6.45) is 2.65. The van der Waals surface area contributed by atoms with E-state index < -0.39 is 9.84 Å². The van der Waals surface area contributed by atoms with Gasteiger partial charge in [-0.25, -0.2) is 8.42 Å². The van der Waals surface area contributed by atoms with Crippen LogP contribution in [0.5, 0.6) is 0 Å². The first-order valence-corrected chi connectivity index (χ1v) is 9.72. The molecule has 4 heteroatoms. The van der Waals surface area contributed by atoms with Gasteiger partial charge in [0.05, 0.1) is 11.5 Å². The molecule has 21 heavy (non-hydrogen) atoms. The zero-order valence-corrected chi connectivity index (χ0v) is 14.6. The first-order valence-electron chi connectivity index (χ1n) is 7.90. The highest BCUT2D eigenvalue weighted by Gasteiger charge is 2.21. The highest BCUT2D eigenvalue weighted by atomic mass is 32.2. The second-order valence-electron chi connectivity index (χ2n) is 5.83. The van der Waals surface area contributed by atoms with Crippen LogP contribution in [0.25, 0.3) is 0 Å². The topological polar surface area (TPSA) is 46.2 Å². The molecular weight excluding hydrogens is 282 g/mol. The van der Waals surface area contributed by atoms with Crippen molar-refractivity contribution in [2.45, 2.75) is 53.0 Å². The summed E-state index contributed by atoms with van der Waals surface area (Å²) in [6.45, 7) is 9.07. The van der Waals surface area contributed by atoms with E-state index in [2.05, 4.69) is 44.3 Å². The van der Waals surface area contributed by atoms with E-state index >= 15 is 0 Å². The molecule has 0 spiro atoms. The maximum atomic E-state index is 12.3. The molecule has 0 aliphatic heterocycles. The summed E-state index contributed by atoms with van der Waals surface area (Å²) < 4.78 is 24.5. The molecule has 0 saturated heterocycles. The molecule has 0 aromatic heterocycles. The Balaban J connectivity index is 2.94. The van der Waals surface area contributed by atoms with Gasteiger partial charge < -0.3 is 5.32 Å². The molecule has 0 amide bonds. The lowest BCUT2D eigenvalue weighted by molar-refractivity contribution is 0.543. The van der Waals surface area contributed by atoms with E-state index in [4.69, 9.17) is 0 Å². The Kier molecular flexibility index (Phi) is 7.40. The first kappa shape index (κ1) is 18.2. The summed E-state index contributed by atoms with van der Waals surface area (Å²) in [7, 11) is -3.01. The molecule has 0 aliphatic rings. The van der Waals surface area contributed by atoms with Crippen LogP contribution in [0.4, 0.5) is 0 Å². The molecular formula is C17H29NO2S. The molecule has 0 fully saturated rings. The van der Waals surface area contributed by atoms with Crippen LogP contribution in [0.1, 0.15) is 55.8 Å². The number of unbranched alkanes of at least 4 members (excludes halogenated alkanes) is 1. The van der Waals surface area contributed by atoms with Gasteiger partial charge in [0.1, 0.15) is 0 Å². The summed E-state index contributed by atoms with van der Waals surface area (Å²) in [4.78, 5) is 0. The van der Waals surface area contributed by atoms with Crippen LogP contribution >= 0.6 is 0 Å². The summed E-state index contributed by atoms with van der Waals surface area (Å²) in [5.41, 5.74) is 3.47. The van der Waals surface area contributed by atoms with Gasteiger partial charge in [-0.2, -0.15) is 0 Å². The van der Waals surface area contributed by atoms with Crippen molar-refractivity contribution >= 4 is 9.84 Å². The quantitative estimate of drug-likeness (QED) is 0.758. The summed E-state index contributed by atoms with van der Waals surface area (Å²) in [5, 5.41) is 3.40. The Hall–Kier alpha value is -0.870. The smallest absolute Gasteiger partial charge is 0.152 e. The fraction of sp³-hybridized carbons (Fsp3) is 0.647. The van der Waals surface area contributed by atoms with Crippen LogP contribution in [-0.4, -0.2) is 26.5 Å². The molecule has 1 atom stereocenters. The van der Waals surface area contributed by atoms with Gasteiger partial charge in [-0.05, 0) is 44.4 Å². The SMILES string of the molecule is CCCCS(=O)(=O)CC(NCCC)c1ccc(C)cc1C. The Bertz CT molecular complexity index is 538. The van der Waals surface area contributed by atoms with Crippen LogP contribution in [0.2, 0.25) is 0 Å². The van der Waals surface area contributed by atoms with Gasteiger partial charge in [0.25, 0.3) is 0 Å². The maximum absolute atomic E-state index is 12.3. The van der Waals surface area contributed by atoms with Crippen molar-refractivity contribution in [3.8, 4) is 0 Å². The number of sulfone groups is 1. The molecule has 0 heterocycles. The lowest BCUT2D eigenvalue weighted by atomic mass is 10.00. The number of hydrogen-bond donors (Lipinski definition) is 1. The molecule has 1 aromatic rings. The first-order chi connectivity index (χ1) is 9.89. The van der Waals surface area contributed by atoms with Crippen molar-refractivity contribution in [1.82, 2.24) is 5.32 Å². The van der Waals surface area contributed by atoms with E-state index in [1.54, 1.807) is 0 Å². The van der Waals surface area contributed by atoms with Crippen LogP contribution in [-0.2, 0) is 9.84 Å². The molecule has 1 rings (SSSR count). The minimum absolute atomic E-state index is 0.104. The van der Waals surface area contributed by atoms with Gasteiger partial charge in [0, 0.05) is 6.04 Å². The van der Waals surface area contributed by atoms with Crippen molar-refractivity contribution in [2.24, 2.45) is 0 Å². The molecule has 120 valence electrons. The normalized spacial score (nSPS) is 13.3. The van der Waals surface area contributed by atoms with Crippen molar-refractivity contribution in [1.29, 1.82) is 0 Å². The lowest BCUT2D eigenvalue weighted by Crippen LogP contribution is -2.30. The maximum Gasteiger partial charge on any atom is 0.152 e. The Morgan fingerprint density at radius 2 is 1.86 bits per heavy atom. The molecule has 1 N–H and O–H groups in total. The summed E-state index contributed by atoms with van der Waals surface area (Å²) >= 11 is 0. The van der Waals surface area contributed by atoms with Crippen LogP contribution in [0.3, 0.4) is 0 Å². The summed E-state index contributed by atoms with van der Waals surface area (Å²) in [5.74, 6) is 0.482. The van der Waals surface area contributed by atoms with Crippen LogP contribution < -0.4 is 5.32 Å². The van der Waals surface area contributed by atoms with Gasteiger partial charge in [-0.1, -0.05) is 44.0 Å². The number of rotatable bonds is 9. The van der Waals surface area contributed by atoms with Gasteiger partial charge in [-0.15, -0.1) is 0 Å². The van der Waals surface area contributed by atoms with E-state index in [9.17, 15) is 8.42 Å². The third-order valence-corrected chi connectivity index (χ3v) is 5.42. The zero-order chi connectivity index (χ0) is 15.9. The molecule has 3 nitrogen and oxygen atoms in total. The molecule has 0 aliphatic carbocycles. The minimum atomic E-state index is -3.01. The van der Waals surface area contributed by atoms with Gasteiger partial charge >= 0.3 is 0 Å². The van der Waals surface area contributed by atoms with Gasteiger partial charge in [0.2, 0.25) is 0 Å². The highest BCUT2D eigenvalue weighted by molar-refractivity contribution is 7.91. The molecule has 0 bridgehead atoms. The number of nitrogens with one attached hydrogen (secondary N) is 1. The number of benzene rings is 1. The highest BCUT2D eigenvalue weighted by Crippen LogP contribution is 2.21. The van der Waals surface area contributed by atoms with Gasteiger partial charge in [-0.3, -0.25) is 0 Å².